The van der Waals surface area contributed by atoms with Crippen LogP contribution in [0.3, 0.4) is 0 Å². The molecule has 2 heterocycles. The van der Waals surface area contributed by atoms with Crippen molar-refractivity contribution in [1.29, 1.82) is 0 Å². The SMILES string of the molecule is CCC1(CC)CNC(C)(C)CN1C1CCOC1. The molecule has 0 aromatic rings. The maximum Gasteiger partial charge on any atom is 0.0622 e. The maximum atomic E-state index is 5.60. The van der Waals surface area contributed by atoms with Crippen molar-refractivity contribution in [2.75, 3.05) is 26.3 Å². The Bertz CT molecular complexity index is 255. The summed E-state index contributed by atoms with van der Waals surface area (Å²) in [5.74, 6) is 0. The molecule has 1 unspecified atom stereocenters. The summed E-state index contributed by atoms with van der Waals surface area (Å²) in [6, 6.07) is 0.635. The zero-order chi connectivity index (χ0) is 12.5. The number of nitrogens with zero attached hydrogens (tertiary/aromatic N) is 1. The van der Waals surface area contributed by atoms with Gasteiger partial charge in [0.15, 0.2) is 0 Å². The topological polar surface area (TPSA) is 24.5 Å². The number of hydrogen-bond acceptors (Lipinski definition) is 3. The van der Waals surface area contributed by atoms with Gasteiger partial charge in [-0.3, -0.25) is 4.90 Å². The Morgan fingerprint density at radius 1 is 1.29 bits per heavy atom. The monoisotopic (exact) mass is 240 g/mol. The van der Waals surface area contributed by atoms with Crippen LogP contribution >= 0.6 is 0 Å². The molecule has 3 heteroatoms. The number of nitrogens with one attached hydrogen (secondary N) is 1. The summed E-state index contributed by atoms with van der Waals surface area (Å²) in [5.41, 5.74) is 0.574. The molecule has 0 radical (unpaired) electrons. The fourth-order valence-electron chi connectivity index (χ4n) is 3.35. The van der Waals surface area contributed by atoms with Gasteiger partial charge < -0.3 is 10.1 Å². The lowest BCUT2D eigenvalue weighted by Crippen LogP contribution is -2.70. The van der Waals surface area contributed by atoms with Crippen molar-refractivity contribution in [2.24, 2.45) is 0 Å². The molecule has 0 spiro atoms. The highest BCUT2D eigenvalue weighted by Crippen LogP contribution is 2.33. The molecule has 100 valence electrons. The Balaban J connectivity index is 2.19. The van der Waals surface area contributed by atoms with Crippen LogP contribution in [-0.2, 0) is 4.74 Å². The van der Waals surface area contributed by atoms with Gasteiger partial charge >= 0.3 is 0 Å². The Morgan fingerprint density at radius 3 is 2.53 bits per heavy atom. The molecule has 2 aliphatic heterocycles. The first-order valence-electron chi connectivity index (χ1n) is 7.12. The van der Waals surface area contributed by atoms with E-state index in [9.17, 15) is 0 Å². The third kappa shape index (κ3) is 2.51. The van der Waals surface area contributed by atoms with Crippen LogP contribution in [0.1, 0.15) is 47.0 Å². The number of piperazine rings is 1. The Hall–Kier alpha value is -0.120. The fourth-order valence-corrected chi connectivity index (χ4v) is 3.35. The number of ether oxygens (including phenoxy) is 1. The van der Waals surface area contributed by atoms with Gasteiger partial charge in [-0.05, 0) is 33.1 Å². The van der Waals surface area contributed by atoms with E-state index in [2.05, 4.69) is 37.9 Å². The third-order valence-corrected chi connectivity index (χ3v) is 4.73. The van der Waals surface area contributed by atoms with E-state index in [-0.39, 0.29) is 5.54 Å². The van der Waals surface area contributed by atoms with Crippen molar-refractivity contribution in [3.8, 4) is 0 Å². The summed E-state index contributed by atoms with van der Waals surface area (Å²) >= 11 is 0. The second-order valence-electron chi connectivity index (χ2n) is 6.31. The zero-order valence-electron chi connectivity index (χ0n) is 11.9. The molecule has 17 heavy (non-hydrogen) atoms. The summed E-state index contributed by atoms with van der Waals surface area (Å²) in [7, 11) is 0. The second kappa shape index (κ2) is 4.87. The van der Waals surface area contributed by atoms with Crippen LogP contribution in [0.2, 0.25) is 0 Å². The van der Waals surface area contributed by atoms with E-state index in [4.69, 9.17) is 4.74 Å². The molecule has 0 aromatic carbocycles. The Kier molecular flexibility index (Phi) is 3.81. The van der Waals surface area contributed by atoms with Gasteiger partial charge in [0.2, 0.25) is 0 Å². The van der Waals surface area contributed by atoms with Crippen molar-refractivity contribution in [2.45, 2.75) is 64.1 Å². The predicted octanol–water partition coefficient (Wildman–Crippen LogP) is 2.02. The van der Waals surface area contributed by atoms with E-state index in [1.807, 2.05) is 0 Å². The first-order valence-corrected chi connectivity index (χ1v) is 7.12. The van der Waals surface area contributed by atoms with Crippen LogP contribution in [0, 0.1) is 0 Å². The van der Waals surface area contributed by atoms with Gasteiger partial charge in [0.1, 0.15) is 0 Å². The van der Waals surface area contributed by atoms with Crippen LogP contribution in [0.15, 0.2) is 0 Å². The van der Waals surface area contributed by atoms with Crippen molar-refractivity contribution in [3.63, 3.8) is 0 Å². The van der Waals surface area contributed by atoms with E-state index in [0.29, 0.717) is 11.6 Å². The van der Waals surface area contributed by atoms with Crippen molar-refractivity contribution < 1.29 is 4.74 Å². The van der Waals surface area contributed by atoms with Gasteiger partial charge in [-0.1, -0.05) is 13.8 Å². The molecular weight excluding hydrogens is 212 g/mol. The minimum absolute atomic E-state index is 0.233. The molecule has 0 aromatic heterocycles. The molecule has 0 saturated carbocycles. The Labute approximate surface area is 106 Å². The van der Waals surface area contributed by atoms with Gasteiger partial charge in [0, 0.05) is 36.8 Å². The molecule has 0 amide bonds. The molecule has 0 bridgehead atoms. The second-order valence-corrected chi connectivity index (χ2v) is 6.31. The highest BCUT2D eigenvalue weighted by atomic mass is 16.5. The molecule has 1 atom stereocenters. The third-order valence-electron chi connectivity index (χ3n) is 4.73. The van der Waals surface area contributed by atoms with Crippen LogP contribution in [-0.4, -0.2) is 48.3 Å². The molecule has 2 rings (SSSR count). The Morgan fingerprint density at radius 2 is 2.00 bits per heavy atom. The minimum atomic E-state index is 0.233. The summed E-state index contributed by atoms with van der Waals surface area (Å²) in [5, 5.41) is 3.72. The smallest absolute Gasteiger partial charge is 0.0622 e. The van der Waals surface area contributed by atoms with Crippen molar-refractivity contribution >= 4 is 0 Å². The summed E-state index contributed by atoms with van der Waals surface area (Å²) in [4.78, 5) is 2.75. The van der Waals surface area contributed by atoms with Gasteiger partial charge in [-0.25, -0.2) is 0 Å². The van der Waals surface area contributed by atoms with Gasteiger partial charge in [0.25, 0.3) is 0 Å². The number of hydrogen-bond donors (Lipinski definition) is 1. The van der Waals surface area contributed by atoms with Gasteiger partial charge in [-0.2, -0.15) is 0 Å². The van der Waals surface area contributed by atoms with E-state index < -0.39 is 0 Å². The fraction of sp³-hybridized carbons (Fsp3) is 1.00. The average Bonchev–Trinajstić information content (AvgIpc) is 2.82. The lowest BCUT2D eigenvalue weighted by atomic mass is 9.82. The van der Waals surface area contributed by atoms with Crippen LogP contribution < -0.4 is 5.32 Å². The van der Waals surface area contributed by atoms with Crippen LogP contribution in [0.5, 0.6) is 0 Å². The lowest BCUT2D eigenvalue weighted by Gasteiger charge is -2.54. The normalized spacial score (nSPS) is 32.8. The predicted molar refractivity (Wildman–Crippen MR) is 71.3 cm³/mol. The standard InChI is InChI=1S/C14H28N2O/c1-5-14(6-2)10-15-13(3,4)11-16(14)12-7-8-17-9-12/h12,15H,5-11H2,1-4H3. The average molecular weight is 240 g/mol. The summed E-state index contributed by atoms with van der Waals surface area (Å²) in [6.45, 7) is 13.4. The molecular formula is C14H28N2O. The highest BCUT2D eigenvalue weighted by Gasteiger charge is 2.45. The zero-order valence-corrected chi connectivity index (χ0v) is 11.9. The largest absolute Gasteiger partial charge is 0.380 e. The first-order chi connectivity index (χ1) is 8.03. The van der Waals surface area contributed by atoms with Crippen molar-refractivity contribution in [3.05, 3.63) is 0 Å². The van der Waals surface area contributed by atoms with E-state index in [1.54, 1.807) is 0 Å². The first kappa shape index (κ1) is 13.3. The molecule has 2 fully saturated rings. The maximum absolute atomic E-state index is 5.60. The van der Waals surface area contributed by atoms with Gasteiger partial charge in [-0.15, -0.1) is 0 Å². The minimum Gasteiger partial charge on any atom is -0.380 e. The molecule has 0 aliphatic carbocycles. The molecule has 3 nitrogen and oxygen atoms in total. The van der Waals surface area contributed by atoms with Crippen molar-refractivity contribution in [1.82, 2.24) is 10.2 Å². The summed E-state index contributed by atoms with van der Waals surface area (Å²) in [6.07, 6.45) is 3.66. The number of rotatable bonds is 3. The van der Waals surface area contributed by atoms with E-state index in [0.717, 1.165) is 26.3 Å². The lowest BCUT2D eigenvalue weighted by molar-refractivity contribution is -0.0262. The van der Waals surface area contributed by atoms with E-state index >= 15 is 0 Å². The van der Waals surface area contributed by atoms with E-state index in [1.165, 1.54) is 19.3 Å². The van der Waals surface area contributed by atoms with Gasteiger partial charge in [0.05, 0.1) is 6.61 Å². The molecule has 1 N–H and O–H groups in total. The molecule has 2 saturated heterocycles. The highest BCUT2D eigenvalue weighted by molar-refractivity contribution is 5.03. The molecule has 2 aliphatic rings. The summed E-state index contributed by atoms with van der Waals surface area (Å²) < 4.78 is 5.60. The van der Waals surface area contributed by atoms with Crippen LogP contribution in [0.25, 0.3) is 0 Å². The quantitative estimate of drug-likeness (QED) is 0.817. The van der Waals surface area contributed by atoms with Crippen LogP contribution in [0.4, 0.5) is 0 Å².